The molecule has 1 unspecified atom stereocenters. The Labute approximate surface area is 97.1 Å². The molecule has 2 rings (SSSR count). The number of hydrogen-bond acceptors (Lipinski definition) is 2. The third-order valence-electron chi connectivity index (χ3n) is 3.59. The zero-order chi connectivity index (χ0) is 11.9. The highest BCUT2D eigenvalue weighted by molar-refractivity contribution is 6.03. The molecule has 0 heterocycles. The van der Waals surface area contributed by atoms with Crippen LogP contribution in [0.5, 0.6) is 0 Å². The van der Waals surface area contributed by atoms with Crippen molar-refractivity contribution in [2.24, 2.45) is 0 Å². The molecule has 86 valence electrons. The Morgan fingerprint density at radius 2 is 2.06 bits per heavy atom. The maximum Gasteiger partial charge on any atom is 0.180 e. The van der Waals surface area contributed by atoms with Crippen LogP contribution in [0.3, 0.4) is 0 Å². The lowest BCUT2D eigenvalue weighted by Gasteiger charge is -2.37. The third-order valence-corrected chi connectivity index (χ3v) is 3.59. The van der Waals surface area contributed by atoms with Gasteiger partial charge in [0.05, 0.1) is 6.04 Å². The van der Waals surface area contributed by atoms with E-state index in [0.29, 0.717) is 0 Å². The van der Waals surface area contributed by atoms with E-state index in [1.165, 1.54) is 11.1 Å². The second-order valence-corrected chi connectivity index (χ2v) is 5.29. The summed E-state index contributed by atoms with van der Waals surface area (Å²) in [7, 11) is 1.86. The normalized spacial score (nSPS) is 23.0. The van der Waals surface area contributed by atoms with E-state index >= 15 is 0 Å². The zero-order valence-corrected chi connectivity index (χ0v) is 10.4. The smallest absolute Gasteiger partial charge is 0.180 e. The summed E-state index contributed by atoms with van der Waals surface area (Å²) in [6.07, 6.45) is 0.875. The minimum absolute atomic E-state index is 0.0377. The minimum Gasteiger partial charge on any atom is -0.310 e. The summed E-state index contributed by atoms with van der Waals surface area (Å²) >= 11 is 0. The number of ketones is 1. The van der Waals surface area contributed by atoms with Crippen molar-refractivity contribution in [2.75, 3.05) is 7.05 Å². The van der Waals surface area contributed by atoms with Crippen molar-refractivity contribution >= 4 is 5.78 Å². The lowest BCUT2D eigenvalue weighted by molar-refractivity contribution is 0.0910. The van der Waals surface area contributed by atoms with Crippen LogP contribution in [0.1, 0.15) is 41.8 Å². The van der Waals surface area contributed by atoms with Crippen LogP contribution >= 0.6 is 0 Å². The van der Waals surface area contributed by atoms with Gasteiger partial charge in [-0.05, 0) is 36.9 Å². The number of rotatable bonds is 1. The molecular formula is C14H19NO. The fraction of sp³-hybridized carbons (Fsp3) is 0.500. The molecular weight excluding hydrogens is 198 g/mol. The molecule has 1 aliphatic carbocycles. The molecule has 1 aliphatic rings. The Morgan fingerprint density at radius 1 is 1.38 bits per heavy atom. The molecule has 0 radical (unpaired) electrons. The van der Waals surface area contributed by atoms with Crippen LogP contribution in [-0.4, -0.2) is 18.9 Å². The summed E-state index contributed by atoms with van der Waals surface area (Å²) in [4.78, 5) is 12.2. The SMILES string of the molecule is CNC1CC(C)(C)c2c(C)cccc2C1=O. The van der Waals surface area contributed by atoms with Gasteiger partial charge in [-0.25, -0.2) is 0 Å². The number of benzene rings is 1. The van der Waals surface area contributed by atoms with Gasteiger partial charge in [-0.15, -0.1) is 0 Å². The maximum absolute atomic E-state index is 12.2. The van der Waals surface area contributed by atoms with E-state index in [1.54, 1.807) is 0 Å². The van der Waals surface area contributed by atoms with Crippen LogP contribution in [0.15, 0.2) is 18.2 Å². The summed E-state index contributed by atoms with van der Waals surface area (Å²) in [6, 6.07) is 5.98. The molecule has 0 aliphatic heterocycles. The van der Waals surface area contributed by atoms with E-state index in [9.17, 15) is 4.79 Å². The van der Waals surface area contributed by atoms with Gasteiger partial charge in [0.15, 0.2) is 5.78 Å². The van der Waals surface area contributed by atoms with Gasteiger partial charge in [-0.2, -0.15) is 0 Å². The number of likely N-dealkylation sites (N-methyl/N-ethyl adjacent to an activating group) is 1. The third kappa shape index (κ3) is 1.57. The molecule has 2 nitrogen and oxygen atoms in total. The predicted octanol–water partition coefficient (Wildman–Crippen LogP) is 2.45. The highest BCUT2D eigenvalue weighted by Gasteiger charge is 2.38. The van der Waals surface area contributed by atoms with Crippen molar-refractivity contribution in [3.8, 4) is 0 Å². The van der Waals surface area contributed by atoms with Gasteiger partial charge in [0, 0.05) is 5.56 Å². The van der Waals surface area contributed by atoms with Crippen LogP contribution in [-0.2, 0) is 5.41 Å². The Bertz CT molecular complexity index is 434. The molecule has 0 bridgehead atoms. The highest BCUT2D eigenvalue weighted by atomic mass is 16.1. The summed E-state index contributed by atoms with van der Waals surface area (Å²) in [6.45, 7) is 6.53. The molecule has 1 atom stereocenters. The van der Waals surface area contributed by atoms with E-state index < -0.39 is 0 Å². The van der Waals surface area contributed by atoms with Crippen LogP contribution in [0.25, 0.3) is 0 Å². The van der Waals surface area contributed by atoms with Gasteiger partial charge in [-0.1, -0.05) is 32.0 Å². The second-order valence-electron chi connectivity index (χ2n) is 5.29. The van der Waals surface area contributed by atoms with Crippen molar-refractivity contribution in [2.45, 2.75) is 38.6 Å². The Kier molecular flexibility index (Phi) is 2.62. The average Bonchev–Trinajstić information content (AvgIpc) is 2.23. The van der Waals surface area contributed by atoms with Crippen LogP contribution in [0.4, 0.5) is 0 Å². The first-order chi connectivity index (χ1) is 7.47. The number of hydrogen-bond donors (Lipinski definition) is 1. The largest absolute Gasteiger partial charge is 0.310 e. The first-order valence-electron chi connectivity index (χ1n) is 5.79. The van der Waals surface area contributed by atoms with Crippen molar-refractivity contribution in [3.63, 3.8) is 0 Å². The summed E-state index contributed by atoms with van der Waals surface area (Å²) in [5.41, 5.74) is 3.43. The number of carbonyl (C=O) groups is 1. The van der Waals surface area contributed by atoms with Gasteiger partial charge < -0.3 is 5.32 Å². The van der Waals surface area contributed by atoms with Gasteiger partial charge >= 0.3 is 0 Å². The number of fused-ring (bicyclic) bond motifs is 1. The van der Waals surface area contributed by atoms with Gasteiger partial charge in [0.2, 0.25) is 0 Å². The molecule has 2 heteroatoms. The molecule has 0 saturated carbocycles. The lowest BCUT2D eigenvalue weighted by atomic mass is 9.69. The van der Waals surface area contributed by atoms with Crippen molar-refractivity contribution in [1.29, 1.82) is 0 Å². The first-order valence-corrected chi connectivity index (χ1v) is 5.79. The fourth-order valence-corrected chi connectivity index (χ4v) is 2.90. The van der Waals surface area contributed by atoms with Crippen molar-refractivity contribution in [1.82, 2.24) is 5.32 Å². The van der Waals surface area contributed by atoms with Crippen LogP contribution in [0, 0.1) is 6.92 Å². The molecule has 0 spiro atoms. The summed E-state index contributed by atoms with van der Waals surface area (Å²) < 4.78 is 0. The van der Waals surface area contributed by atoms with Crippen LogP contribution in [0.2, 0.25) is 0 Å². The average molecular weight is 217 g/mol. The maximum atomic E-state index is 12.2. The fourth-order valence-electron chi connectivity index (χ4n) is 2.90. The van der Waals surface area contributed by atoms with Gasteiger partial charge in [-0.3, -0.25) is 4.79 Å². The molecule has 1 N–H and O–H groups in total. The molecule has 16 heavy (non-hydrogen) atoms. The summed E-state index contributed by atoms with van der Waals surface area (Å²) in [5.74, 6) is 0.237. The molecule has 0 saturated heterocycles. The molecule has 0 aromatic heterocycles. The van der Waals surface area contributed by atoms with Crippen molar-refractivity contribution < 1.29 is 4.79 Å². The summed E-state index contributed by atoms with van der Waals surface area (Å²) in [5, 5.41) is 3.12. The van der Waals surface area contributed by atoms with Crippen molar-refractivity contribution in [3.05, 3.63) is 34.9 Å². The van der Waals surface area contributed by atoms with Gasteiger partial charge in [0.25, 0.3) is 0 Å². The van der Waals surface area contributed by atoms with E-state index in [2.05, 4.69) is 32.2 Å². The van der Waals surface area contributed by atoms with Gasteiger partial charge in [0.1, 0.15) is 0 Å². The standard InChI is InChI=1S/C14H19NO/c1-9-6-5-7-10-12(9)14(2,3)8-11(15-4)13(10)16/h5-7,11,15H,8H2,1-4H3. The monoisotopic (exact) mass is 217 g/mol. The van der Waals surface area contributed by atoms with E-state index in [0.717, 1.165) is 12.0 Å². The molecule has 1 aromatic carbocycles. The number of aryl methyl sites for hydroxylation is 1. The predicted molar refractivity (Wildman–Crippen MR) is 66.0 cm³/mol. The lowest BCUT2D eigenvalue weighted by Crippen LogP contribution is -2.45. The quantitative estimate of drug-likeness (QED) is 0.783. The highest BCUT2D eigenvalue weighted by Crippen LogP contribution is 2.38. The number of nitrogens with one attached hydrogen (secondary N) is 1. The Hall–Kier alpha value is -1.15. The molecule has 0 fully saturated rings. The van der Waals surface area contributed by atoms with E-state index in [4.69, 9.17) is 0 Å². The van der Waals surface area contributed by atoms with Crippen LogP contribution < -0.4 is 5.32 Å². The topological polar surface area (TPSA) is 29.1 Å². The first kappa shape index (κ1) is 11.3. The second kappa shape index (κ2) is 3.70. The Morgan fingerprint density at radius 3 is 2.69 bits per heavy atom. The molecule has 1 aromatic rings. The van der Waals surface area contributed by atoms with E-state index in [-0.39, 0.29) is 17.2 Å². The molecule has 0 amide bonds. The zero-order valence-electron chi connectivity index (χ0n) is 10.4. The minimum atomic E-state index is -0.0377. The van der Waals surface area contributed by atoms with E-state index in [1.807, 2.05) is 19.2 Å². The number of carbonyl (C=O) groups excluding carboxylic acids is 1. The Balaban J connectivity index is 2.63. The number of Topliss-reactive ketones (excluding diaryl/α,β-unsaturated/α-hetero) is 1.